The van der Waals surface area contributed by atoms with Gasteiger partial charge in [-0.05, 0) is 66.7 Å². The fraction of sp³-hybridized carbons (Fsp3) is 0.320. The van der Waals surface area contributed by atoms with Gasteiger partial charge in [0.2, 0.25) is 0 Å². The van der Waals surface area contributed by atoms with Crippen LogP contribution < -0.4 is 14.4 Å². The number of morpholine rings is 1. The van der Waals surface area contributed by atoms with Gasteiger partial charge >= 0.3 is 5.97 Å². The van der Waals surface area contributed by atoms with Crippen molar-refractivity contribution in [3.63, 3.8) is 0 Å². The Bertz CT molecular complexity index is 1160. The van der Waals surface area contributed by atoms with Crippen molar-refractivity contribution < 1.29 is 28.9 Å². The van der Waals surface area contributed by atoms with Crippen molar-refractivity contribution in [2.24, 2.45) is 4.99 Å². The normalized spacial score (nSPS) is 19.3. The smallest absolute Gasteiger partial charge is 0.344 e. The number of benzene rings is 2. The number of rotatable bonds is 7. The van der Waals surface area contributed by atoms with E-state index < -0.39 is 12.1 Å². The zero-order valence-electron chi connectivity index (χ0n) is 19.8. The summed E-state index contributed by atoms with van der Waals surface area (Å²) >= 11 is 1.29. The molecule has 2 fully saturated rings. The number of aliphatic imine (C=N–C) groups is 1. The minimum absolute atomic E-state index is 0.155. The molecule has 1 N–H and O–H groups in total. The van der Waals surface area contributed by atoms with E-state index in [1.54, 1.807) is 31.3 Å². The number of aliphatic carboxylic acids is 1. The van der Waals surface area contributed by atoms with Crippen LogP contribution in [0.15, 0.2) is 52.4 Å². The van der Waals surface area contributed by atoms with E-state index in [9.17, 15) is 9.59 Å². The van der Waals surface area contributed by atoms with E-state index in [0.717, 1.165) is 43.2 Å². The fourth-order valence-electron chi connectivity index (χ4n) is 3.59. The lowest BCUT2D eigenvalue weighted by Gasteiger charge is -2.28. The molecule has 184 valence electrons. The molecule has 2 aliphatic heterocycles. The molecule has 2 heterocycles. The van der Waals surface area contributed by atoms with Crippen LogP contribution in [-0.2, 0) is 14.3 Å². The molecule has 0 radical (unpaired) electrons. The summed E-state index contributed by atoms with van der Waals surface area (Å²) in [6, 6.07) is 13.0. The third-order valence-corrected chi connectivity index (χ3v) is 6.65. The molecular weight excluding hydrogens is 470 g/mol. The van der Waals surface area contributed by atoms with Crippen LogP contribution in [0.3, 0.4) is 0 Å². The molecule has 0 aromatic heterocycles. The lowest BCUT2D eigenvalue weighted by atomic mass is 10.2. The Kier molecular flexibility index (Phi) is 7.62. The van der Waals surface area contributed by atoms with Gasteiger partial charge in [0, 0.05) is 25.8 Å². The van der Waals surface area contributed by atoms with E-state index >= 15 is 0 Å². The van der Waals surface area contributed by atoms with E-state index in [1.807, 2.05) is 24.3 Å². The van der Waals surface area contributed by atoms with Crippen LogP contribution in [0.25, 0.3) is 6.08 Å². The first-order valence-corrected chi connectivity index (χ1v) is 11.9. The van der Waals surface area contributed by atoms with Gasteiger partial charge < -0.3 is 24.2 Å². The third-order valence-electron chi connectivity index (χ3n) is 5.59. The summed E-state index contributed by atoms with van der Waals surface area (Å²) in [4.78, 5) is 32.9. The molecule has 0 spiro atoms. The average molecular weight is 498 g/mol. The second-order valence-corrected chi connectivity index (χ2v) is 9.00. The van der Waals surface area contributed by atoms with Crippen molar-refractivity contribution in [3.8, 4) is 11.5 Å². The Morgan fingerprint density at radius 1 is 1.17 bits per heavy atom. The molecule has 4 rings (SSSR count). The lowest BCUT2D eigenvalue weighted by Crippen LogP contribution is -2.36. The van der Waals surface area contributed by atoms with Crippen LogP contribution in [0, 0.1) is 0 Å². The zero-order chi connectivity index (χ0) is 24.9. The second-order valence-electron chi connectivity index (χ2n) is 7.99. The number of carbonyl (C=O) groups excluding carboxylic acids is 1. The Labute approximate surface area is 208 Å². The van der Waals surface area contributed by atoms with E-state index in [-0.39, 0.29) is 5.91 Å². The Balaban J connectivity index is 1.50. The van der Waals surface area contributed by atoms with Crippen molar-refractivity contribution >= 4 is 46.3 Å². The van der Waals surface area contributed by atoms with Gasteiger partial charge in [0.05, 0.1) is 30.9 Å². The first kappa shape index (κ1) is 24.6. The van der Waals surface area contributed by atoms with Gasteiger partial charge in [0.1, 0.15) is 0 Å². The molecule has 9 nitrogen and oxygen atoms in total. The minimum Gasteiger partial charge on any atom is -0.493 e. The maximum atomic E-state index is 12.8. The van der Waals surface area contributed by atoms with Crippen molar-refractivity contribution in [1.82, 2.24) is 4.90 Å². The van der Waals surface area contributed by atoms with E-state index in [2.05, 4.69) is 9.89 Å². The number of nitrogens with zero attached hydrogens (tertiary/aromatic N) is 3. The molecule has 2 saturated heterocycles. The molecule has 1 unspecified atom stereocenters. The summed E-state index contributed by atoms with van der Waals surface area (Å²) in [5.74, 6) is -0.533. The number of anilines is 1. The Morgan fingerprint density at radius 2 is 1.89 bits per heavy atom. The predicted molar refractivity (Wildman–Crippen MR) is 136 cm³/mol. The number of carbonyl (C=O) groups is 2. The molecule has 1 atom stereocenters. The molecule has 2 aromatic rings. The molecule has 0 saturated carbocycles. The number of hydrogen-bond donors (Lipinski definition) is 1. The van der Waals surface area contributed by atoms with Crippen LogP contribution in [0.2, 0.25) is 0 Å². The number of amides is 1. The molecule has 10 heteroatoms. The van der Waals surface area contributed by atoms with Gasteiger partial charge in [-0.2, -0.15) is 0 Å². The van der Waals surface area contributed by atoms with Gasteiger partial charge in [-0.3, -0.25) is 9.69 Å². The number of likely N-dealkylation sites (N-methyl/N-ethyl adjacent to an activating group) is 1. The topological polar surface area (TPSA) is 101 Å². The molecule has 35 heavy (non-hydrogen) atoms. The molecular formula is C25H27N3O6S. The molecule has 1 amide bonds. The Hall–Kier alpha value is -3.50. The summed E-state index contributed by atoms with van der Waals surface area (Å²) in [5.41, 5.74) is 2.61. The predicted octanol–water partition coefficient (Wildman–Crippen LogP) is 3.62. The number of carboxylic acids is 1. The van der Waals surface area contributed by atoms with Gasteiger partial charge in [0.25, 0.3) is 5.91 Å². The van der Waals surface area contributed by atoms with Crippen LogP contribution in [0.1, 0.15) is 12.5 Å². The second kappa shape index (κ2) is 10.8. The van der Waals surface area contributed by atoms with E-state index in [0.29, 0.717) is 21.6 Å². The number of amidine groups is 1. The van der Waals surface area contributed by atoms with Crippen molar-refractivity contribution in [2.75, 3.05) is 45.4 Å². The standard InChI is InChI=1S/C25H27N3O6S/c1-16(24(30)31)34-20-9-4-17(14-21(20)32-3)15-22-23(29)27(2)25(35-22)26-18-5-7-19(8-6-18)28-10-12-33-13-11-28/h4-9,14-16H,10-13H2,1-3H3,(H,30,31)/b22-15-,26-25?. The summed E-state index contributed by atoms with van der Waals surface area (Å²) in [6.45, 7) is 4.63. The number of methoxy groups -OCH3 is 1. The van der Waals surface area contributed by atoms with Crippen LogP contribution >= 0.6 is 11.8 Å². The van der Waals surface area contributed by atoms with Crippen LogP contribution in [-0.4, -0.2) is 73.6 Å². The summed E-state index contributed by atoms with van der Waals surface area (Å²) < 4.78 is 16.2. The van der Waals surface area contributed by atoms with E-state index in [1.165, 1.54) is 30.7 Å². The minimum atomic E-state index is -1.07. The van der Waals surface area contributed by atoms with Crippen LogP contribution in [0.5, 0.6) is 11.5 Å². The summed E-state index contributed by atoms with van der Waals surface area (Å²) in [6.07, 6.45) is 0.732. The SMILES string of the molecule is COc1cc(/C=C2\SC(=Nc3ccc(N4CCOCC4)cc3)N(C)C2=O)ccc1OC(C)C(=O)O. The van der Waals surface area contributed by atoms with Gasteiger partial charge in [-0.15, -0.1) is 0 Å². The first-order valence-electron chi connectivity index (χ1n) is 11.1. The maximum absolute atomic E-state index is 12.8. The number of hydrogen-bond acceptors (Lipinski definition) is 8. The van der Waals surface area contributed by atoms with Crippen LogP contribution in [0.4, 0.5) is 11.4 Å². The average Bonchev–Trinajstić information content (AvgIpc) is 3.13. The molecule has 0 aliphatic carbocycles. The number of ether oxygens (including phenoxy) is 3. The number of carboxylic acid groups (broad SMARTS) is 1. The number of thioether (sulfide) groups is 1. The van der Waals surface area contributed by atoms with Crippen molar-refractivity contribution in [1.29, 1.82) is 0 Å². The molecule has 2 aliphatic rings. The first-order chi connectivity index (χ1) is 16.9. The monoisotopic (exact) mass is 497 g/mol. The maximum Gasteiger partial charge on any atom is 0.344 e. The van der Waals surface area contributed by atoms with Gasteiger partial charge in [0.15, 0.2) is 22.8 Å². The summed E-state index contributed by atoms with van der Waals surface area (Å²) in [5, 5.41) is 9.66. The molecule has 2 aromatic carbocycles. The molecule has 0 bridgehead atoms. The third kappa shape index (κ3) is 5.77. The van der Waals surface area contributed by atoms with Gasteiger partial charge in [-0.1, -0.05) is 6.07 Å². The fourth-order valence-corrected chi connectivity index (χ4v) is 4.57. The summed E-state index contributed by atoms with van der Waals surface area (Å²) in [7, 11) is 3.17. The largest absolute Gasteiger partial charge is 0.493 e. The zero-order valence-corrected chi connectivity index (χ0v) is 20.6. The highest BCUT2D eigenvalue weighted by atomic mass is 32.2. The lowest BCUT2D eigenvalue weighted by molar-refractivity contribution is -0.144. The van der Waals surface area contributed by atoms with Crippen molar-refractivity contribution in [3.05, 3.63) is 52.9 Å². The van der Waals surface area contributed by atoms with Crippen molar-refractivity contribution in [2.45, 2.75) is 13.0 Å². The highest BCUT2D eigenvalue weighted by molar-refractivity contribution is 8.18. The van der Waals surface area contributed by atoms with E-state index in [4.69, 9.17) is 19.3 Å². The highest BCUT2D eigenvalue weighted by Crippen LogP contribution is 2.35. The quantitative estimate of drug-likeness (QED) is 0.579. The highest BCUT2D eigenvalue weighted by Gasteiger charge is 2.30. The van der Waals surface area contributed by atoms with Gasteiger partial charge in [-0.25, -0.2) is 9.79 Å². The Morgan fingerprint density at radius 3 is 2.54 bits per heavy atom.